The second-order valence-corrected chi connectivity index (χ2v) is 3.07. The van der Waals surface area contributed by atoms with E-state index in [1.165, 1.54) is 0 Å². The molecule has 0 bridgehead atoms. The van der Waals surface area contributed by atoms with Crippen molar-refractivity contribution in [2.75, 3.05) is 13.7 Å². The summed E-state index contributed by atoms with van der Waals surface area (Å²) in [6.07, 6.45) is 5.46. The van der Waals surface area contributed by atoms with Crippen molar-refractivity contribution in [2.24, 2.45) is 5.92 Å². The van der Waals surface area contributed by atoms with Crippen molar-refractivity contribution in [3.05, 3.63) is 0 Å². The summed E-state index contributed by atoms with van der Waals surface area (Å²) in [6, 6.07) is 0. The number of rotatable bonds is 4. The summed E-state index contributed by atoms with van der Waals surface area (Å²) in [5, 5.41) is 9.82. The molecule has 0 radical (unpaired) electrons. The highest BCUT2D eigenvalue weighted by atomic mass is 16.5. The van der Waals surface area contributed by atoms with Crippen LogP contribution in [0.3, 0.4) is 0 Å². The summed E-state index contributed by atoms with van der Waals surface area (Å²) in [4.78, 5) is 0. The fourth-order valence-electron chi connectivity index (χ4n) is 0.849. The minimum atomic E-state index is -0.858. The maximum absolute atomic E-state index is 9.82. The Morgan fingerprint density at radius 2 is 2.18 bits per heavy atom. The van der Waals surface area contributed by atoms with Crippen molar-refractivity contribution in [1.29, 1.82) is 0 Å². The summed E-state index contributed by atoms with van der Waals surface area (Å²) in [6.45, 7) is 4.15. The lowest BCUT2D eigenvalue weighted by Crippen LogP contribution is -2.39. The van der Waals surface area contributed by atoms with Gasteiger partial charge in [0.2, 0.25) is 0 Å². The summed E-state index contributed by atoms with van der Waals surface area (Å²) >= 11 is 0. The summed E-state index contributed by atoms with van der Waals surface area (Å²) in [5.74, 6) is 2.57. The quantitative estimate of drug-likeness (QED) is 0.616. The first-order chi connectivity index (χ1) is 5.06. The zero-order chi connectivity index (χ0) is 8.91. The van der Waals surface area contributed by atoms with E-state index in [0.717, 1.165) is 0 Å². The number of terminal acetylenes is 1. The molecule has 0 aromatic carbocycles. The van der Waals surface area contributed by atoms with Crippen LogP contribution in [-0.4, -0.2) is 24.4 Å². The van der Waals surface area contributed by atoms with Crippen LogP contribution >= 0.6 is 0 Å². The van der Waals surface area contributed by atoms with Gasteiger partial charge in [-0.2, -0.15) is 0 Å². The molecule has 0 aromatic rings. The molecule has 11 heavy (non-hydrogen) atoms. The van der Waals surface area contributed by atoms with E-state index < -0.39 is 5.60 Å². The zero-order valence-electron chi connectivity index (χ0n) is 7.42. The number of hydrogen-bond donors (Lipinski definition) is 1. The fraction of sp³-hybridized carbons (Fsp3) is 0.778. The molecule has 64 valence electrons. The van der Waals surface area contributed by atoms with Crippen molar-refractivity contribution in [1.82, 2.24) is 0 Å². The Bertz CT molecular complexity index is 146. The first kappa shape index (κ1) is 10.5. The van der Waals surface area contributed by atoms with Gasteiger partial charge in [-0.3, -0.25) is 0 Å². The van der Waals surface area contributed by atoms with Crippen molar-refractivity contribution >= 4 is 0 Å². The minimum absolute atomic E-state index is 0.124. The van der Waals surface area contributed by atoms with E-state index in [1.807, 2.05) is 13.8 Å². The topological polar surface area (TPSA) is 29.5 Å². The molecule has 1 N–H and O–H groups in total. The lowest BCUT2D eigenvalue weighted by Gasteiger charge is -2.29. The molecule has 0 saturated heterocycles. The molecule has 0 fully saturated rings. The Kier molecular flexibility index (Phi) is 4.17. The summed E-state index contributed by atoms with van der Waals surface area (Å²) in [5.41, 5.74) is -0.858. The third kappa shape index (κ3) is 2.92. The summed E-state index contributed by atoms with van der Waals surface area (Å²) < 4.78 is 4.88. The van der Waals surface area contributed by atoms with Crippen molar-refractivity contribution in [2.45, 2.75) is 25.9 Å². The van der Waals surface area contributed by atoms with Gasteiger partial charge in [0.1, 0.15) is 5.60 Å². The molecule has 1 unspecified atom stereocenters. The predicted octanol–water partition coefficient (Wildman–Crippen LogP) is 1.04. The Hall–Kier alpha value is -0.520. The Labute approximate surface area is 68.6 Å². The third-order valence-corrected chi connectivity index (χ3v) is 1.88. The normalized spacial score (nSPS) is 16.0. The van der Waals surface area contributed by atoms with Crippen LogP contribution in [0.1, 0.15) is 20.3 Å². The average molecular weight is 156 g/mol. The highest BCUT2D eigenvalue weighted by Gasteiger charge is 2.29. The highest BCUT2D eigenvalue weighted by Crippen LogP contribution is 2.20. The van der Waals surface area contributed by atoms with Crippen LogP contribution in [0.15, 0.2) is 0 Å². The molecule has 0 spiro atoms. The Morgan fingerprint density at radius 3 is 2.45 bits per heavy atom. The average Bonchev–Trinajstić information content (AvgIpc) is 1.88. The Balaban J connectivity index is 4.15. The van der Waals surface area contributed by atoms with Crippen LogP contribution in [0, 0.1) is 18.3 Å². The van der Waals surface area contributed by atoms with E-state index in [4.69, 9.17) is 11.2 Å². The van der Waals surface area contributed by atoms with Gasteiger partial charge in [-0.05, 0) is 5.92 Å². The number of methoxy groups -OCH3 is 1. The molecule has 0 rings (SSSR count). The lowest BCUT2D eigenvalue weighted by molar-refractivity contribution is -0.0602. The zero-order valence-corrected chi connectivity index (χ0v) is 7.42. The van der Waals surface area contributed by atoms with Gasteiger partial charge >= 0.3 is 0 Å². The van der Waals surface area contributed by atoms with Gasteiger partial charge in [-0.15, -0.1) is 12.3 Å². The van der Waals surface area contributed by atoms with Crippen LogP contribution in [0.4, 0.5) is 0 Å². The van der Waals surface area contributed by atoms with Gasteiger partial charge in [-0.1, -0.05) is 13.8 Å². The maximum Gasteiger partial charge on any atom is 0.101 e. The minimum Gasteiger partial charge on any atom is -0.386 e. The van der Waals surface area contributed by atoms with Gasteiger partial charge < -0.3 is 9.84 Å². The molecule has 2 heteroatoms. The van der Waals surface area contributed by atoms with E-state index in [1.54, 1.807) is 7.11 Å². The standard InChI is InChI=1S/C9H16O2/c1-5-6-9(10,7-11-4)8(2)3/h1,8,10H,6-7H2,2-4H3. The van der Waals surface area contributed by atoms with Gasteiger partial charge in [-0.25, -0.2) is 0 Å². The largest absolute Gasteiger partial charge is 0.386 e. The van der Waals surface area contributed by atoms with Gasteiger partial charge in [0, 0.05) is 13.5 Å². The Morgan fingerprint density at radius 1 is 1.64 bits per heavy atom. The molecule has 0 heterocycles. The van der Waals surface area contributed by atoms with Crippen LogP contribution < -0.4 is 0 Å². The maximum atomic E-state index is 9.82. The smallest absolute Gasteiger partial charge is 0.101 e. The number of aliphatic hydroxyl groups is 1. The fourth-order valence-corrected chi connectivity index (χ4v) is 0.849. The van der Waals surface area contributed by atoms with Crippen LogP contribution in [0.25, 0.3) is 0 Å². The van der Waals surface area contributed by atoms with Gasteiger partial charge in [0.25, 0.3) is 0 Å². The molecule has 0 aliphatic heterocycles. The van der Waals surface area contributed by atoms with E-state index in [-0.39, 0.29) is 5.92 Å². The van der Waals surface area contributed by atoms with Crippen LogP contribution in [0.5, 0.6) is 0 Å². The molecular weight excluding hydrogens is 140 g/mol. The van der Waals surface area contributed by atoms with Crippen molar-refractivity contribution < 1.29 is 9.84 Å². The molecule has 0 aliphatic rings. The molecule has 1 atom stereocenters. The first-order valence-electron chi connectivity index (χ1n) is 3.71. The molecule has 0 saturated carbocycles. The number of hydrogen-bond acceptors (Lipinski definition) is 2. The van der Waals surface area contributed by atoms with E-state index in [2.05, 4.69) is 5.92 Å². The second kappa shape index (κ2) is 4.38. The van der Waals surface area contributed by atoms with Gasteiger partial charge in [0.15, 0.2) is 0 Å². The molecular formula is C9H16O2. The van der Waals surface area contributed by atoms with Crippen molar-refractivity contribution in [3.63, 3.8) is 0 Å². The lowest BCUT2D eigenvalue weighted by atomic mass is 9.88. The molecule has 0 amide bonds. The van der Waals surface area contributed by atoms with Crippen LogP contribution in [-0.2, 0) is 4.74 Å². The highest BCUT2D eigenvalue weighted by molar-refractivity contribution is 4.96. The first-order valence-corrected chi connectivity index (χ1v) is 3.71. The van der Waals surface area contributed by atoms with E-state index in [0.29, 0.717) is 13.0 Å². The molecule has 0 aromatic heterocycles. The summed E-state index contributed by atoms with van der Waals surface area (Å²) in [7, 11) is 1.56. The predicted molar refractivity (Wildman–Crippen MR) is 45.1 cm³/mol. The van der Waals surface area contributed by atoms with Crippen LogP contribution in [0.2, 0.25) is 0 Å². The third-order valence-electron chi connectivity index (χ3n) is 1.88. The van der Waals surface area contributed by atoms with E-state index in [9.17, 15) is 5.11 Å². The van der Waals surface area contributed by atoms with Gasteiger partial charge in [0.05, 0.1) is 6.61 Å². The van der Waals surface area contributed by atoms with E-state index >= 15 is 0 Å². The SMILES string of the molecule is C#CCC(O)(COC)C(C)C. The van der Waals surface area contributed by atoms with Crippen molar-refractivity contribution in [3.8, 4) is 12.3 Å². The molecule has 2 nitrogen and oxygen atoms in total. The second-order valence-electron chi connectivity index (χ2n) is 3.07. The molecule has 0 aliphatic carbocycles. The number of ether oxygens (including phenoxy) is 1. The monoisotopic (exact) mass is 156 g/mol.